The lowest BCUT2D eigenvalue weighted by molar-refractivity contribution is -0.133. The number of rotatable bonds is 8. The molecule has 2 atom stereocenters. The number of benzene rings is 2. The van der Waals surface area contributed by atoms with E-state index in [1.54, 1.807) is 36.4 Å². The number of hydrogen-bond donors (Lipinski definition) is 6. The van der Waals surface area contributed by atoms with Gasteiger partial charge in [-0.15, -0.1) is 0 Å². The number of aliphatic hydroxyl groups is 1. The molecule has 1 fully saturated rings. The zero-order valence-electron chi connectivity index (χ0n) is 20.5. The van der Waals surface area contributed by atoms with Crippen LogP contribution in [0.3, 0.4) is 0 Å². The van der Waals surface area contributed by atoms with Gasteiger partial charge >= 0.3 is 0 Å². The number of hydrogen-bond acceptors (Lipinski definition) is 6. The molecule has 0 bridgehead atoms. The fourth-order valence-corrected chi connectivity index (χ4v) is 3.82. The summed E-state index contributed by atoms with van der Waals surface area (Å²) in [7, 11) is 0. The van der Waals surface area contributed by atoms with Crippen LogP contribution in [0.5, 0.6) is 0 Å². The summed E-state index contributed by atoms with van der Waals surface area (Å²) in [4.78, 5) is 36.0. The number of nitrogens with one attached hydrogen (secondary N) is 4. The second kappa shape index (κ2) is 13.8. The molecule has 37 heavy (non-hydrogen) atoms. The highest BCUT2D eigenvalue weighted by atomic mass is 16.5. The van der Waals surface area contributed by atoms with Crippen molar-refractivity contribution < 1.29 is 24.7 Å². The van der Waals surface area contributed by atoms with E-state index >= 15 is 0 Å². The molecule has 1 aliphatic carbocycles. The molecule has 9 heteroatoms. The third-order valence-corrected chi connectivity index (χ3v) is 5.86. The molecular weight excluding hydrogens is 472 g/mol. The van der Waals surface area contributed by atoms with Crippen molar-refractivity contribution in [3.63, 3.8) is 0 Å². The van der Waals surface area contributed by atoms with Crippen LogP contribution in [0.25, 0.3) is 0 Å². The number of anilines is 1. The van der Waals surface area contributed by atoms with Gasteiger partial charge in [-0.05, 0) is 80.1 Å². The maximum atomic E-state index is 12.3. The summed E-state index contributed by atoms with van der Waals surface area (Å²) < 4.78 is 0. The average molecular weight is 503 g/mol. The summed E-state index contributed by atoms with van der Waals surface area (Å²) in [6.45, 7) is 1.62. The van der Waals surface area contributed by atoms with Crippen molar-refractivity contribution in [2.45, 2.75) is 50.8 Å². The van der Waals surface area contributed by atoms with E-state index in [9.17, 15) is 19.5 Å². The first kappa shape index (κ1) is 27.4. The Morgan fingerprint density at radius 3 is 2.05 bits per heavy atom. The zero-order chi connectivity index (χ0) is 26.6. The fourth-order valence-electron chi connectivity index (χ4n) is 3.82. The summed E-state index contributed by atoms with van der Waals surface area (Å²) >= 11 is 0. The summed E-state index contributed by atoms with van der Waals surface area (Å²) in [5.74, 6) is 9.78. The maximum Gasteiger partial charge on any atom is 0.268 e. The molecule has 0 heterocycles. The monoisotopic (exact) mass is 502 g/mol. The average Bonchev–Trinajstić information content (AvgIpc) is 3.43. The van der Waals surface area contributed by atoms with Gasteiger partial charge in [0.25, 0.3) is 11.8 Å². The van der Waals surface area contributed by atoms with Crippen LogP contribution in [0, 0.1) is 23.7 Å². The smallest absolute Gasteiger partial charge is 0.268 e. The number of aliphatic hydroxyl groups excluding tert-OH is 1. The largest absolute Gasteiger partial charge is 0.391 e. The molecule has 9 nitrogen and oxygen atoms in total. The highest BCUT2D eigenvalue weighted by Gasteiger charge is 2.25. The van der Waals surface area contributed by atoms with Crippen LogP contribution in [-0.2, 0) is 9.59 Å². The molecule has 2 aromatic carbocycles. The van der Waals surface area contributed by atoms with E-state index in [1.807, 2.05) is 0 Å². The molecule has 0 saturated heterocycles. The summed E-state index contributed by atoms with van der Waals surface area (Å²) in [5.41, 5.74) is 3.76. The van der Waals surface area contributed by atoms with E-state index in [1.165, 1.54) is 37.4 Å². The first-order valence-corrected chi connectivity index (χ1v) is 12.0. The molecule has 0 aromatic heterocycles. The van der Waals surface area contributed by atoms with Crippen molar-refractivity contribution in [1.29, 1.82) is 0 Å². The van der Waals surface area contributed by atoms with Gasteiger partial charge in [0.05, 0.1) is 12.6 Å². The molecule has 0 radical (unpaired) electrons. The van der Waals surface area contributed by atoms with Gasteiger partial charge in [-0.1, -0.05) is 24.7 Å². The predicted octanol–water partition coefficient (Wildman–Crippen LogP) is 1.55. The molecular formula is C28H30N4O5. The van der Waals surface area contributed by atoms with Crippen molar-refractivity contribution in [2.24, 2.45) is 0 Å². The molecule has 3 rings (SSSR count). The van der Waals surface area contributed by atoms with Gasteiger partial charge in [0.2, 0.25) is 5.91 Å². The van der Waals surface area contributed by atoms with Crippen molar-refractivity contribution in [3.05, 3.63) is 65.2 Å². The minimum Gasteiger partial charge on any atom is -0.391 e. The van der Waals surface area contributed by atoms with Crippen LogP contribution in [0.4, 0.5) is 5.69 Å². The Balaban J connectivity index is 1.50. The lowest BCUT2D eigenvalue weighted by Crippen LogP contribution is -2.51. The second-order valence-electron chi connectivity index (χ2n) is 8.73. The number of hydroxylamine groups is 1. The van der Waals surface area contributed by atoms with Crippen molar-refractivity contribution >= 4 is 23.4 Å². The van der Waals surface area contributed by atoms with Gasteiger partial charge in [-0.2, -0.15) is 0 Å². The maximum absolute atomic E-state index is 12.3. The van der Waals surface area contributed by atoms with Crippen molar-refractivity contribution in [2.75, 3.05) is 11.9 Å². The Morgan fingerprint density at radius 1 is 0.946 bits per heavy atom. The normalized spacial score (nSPS) is 14.2. The summed E-state index contributed by atoms with van der Waals surface area (Å²) in [6, 6.07) is 12.7. The number of carbonyl (C=O) groups excluding carboxylic acids is 3. The third kappa shape index (κ3) is 8.78. The molecule has 192 valence electrons. The van der Waals surface area contributed by atoms with Gasteiger partial charge < -0.3 is 21.1 Å². The zero-order valence-corrected chi connectivity index (χ0v) is 20.5. The Bertz CT molecular complexity index is 1210. The van der Waals surface area contributed by atoms with Crippen molar-refractivity contribution in [3.8, 4) is 23.7 Å². The fraction of sp³-hybridized carbons (Fsp3) is 0.321. The minimum atomic E-state index is -1.30. The molecule has 3 amide bonds. The topological polar surface area (TPSA) is 140 Å². The van der Waals surface area contributed by atoms with Crippen LogP contribution in [0.1, 0.15) is 54.1 Å². The summed E-state index contributed by atoms with van der Waals surface area (Å²) in [5, 5.41) is 26.9. The molecule has 1 aliphatic rings. The van der Waals surface area contributed by atoms with Crippen LogP contribution in [-0.4, -0.2) is 52.8 Å². The van der Waals surface area contributed by atoms with E-state index < -0.39 is 24.0 Å². The van der Waals surface area contributed by atoms with Gasteiger partial charge in [-0.3, -0.25) is 19.6 Å². The van der Waals surface area contributed by atoms with Crippen molar-refractivity contribution in [1.82, 2.24) is 16.1 Å². The molecule has 0 spiro atoms. The van der Waals surface area contributed by atoms with Gasteiger partial charge in [0, 0.05) is 28.4 Å². The number of amides is 3. The van der Waals surface area contributed by atoms with E-state index in [2.05, 4.69) is 39.6 Å². The van der Waals surface area contributed by atoms with Gasteiger partial charge in [-0.25, -0.2) is 5.48 Å². The van der Waals surface area contributed by atoms with Crippen LogP contribution in [0.2, 0.25) is 0 Å². The Morgan fingerprint density at radius 2 is 1.51 bits per heavy atom. The van der Waals surface area contributed by atoms with E-state index in [0.717, 1.165) is 18.4 Å². The summed E-state index contributed by atoms with van der Waals surface area (Å²) in [6.07, 6.45) is 3.50. The lowest BCUT2D eigenvalue weighted by Gasteiger charge is -2.19. The lowest BCUT2D eigenvalue weighted by atomic mass is 10.1. The van der Waals surface area contributed by atoms with Crippen LogP contribution in [0.15, 0.2) is 48.5 Å². The molecule has 0 aliphatic heterocycles. The SMILES string of the molecule is CC(O)C(NC(=O)c1ccc(C#CC#Cc2ccc(NC(=O)CNC3CCCC3)cc2)cc1)C(=O)NO. The predicted molar refractivity (Wildman–Crippen MR) is 138 cm³/mol. The van der Waals surface area contributed by atoms with Gasteiger partial charge in [0.1, 0.15) is 6.04 Å². The molecule has 6 N–H and O–H groups in total. The third-order valence-electron chi connectivity index (χ3n) is 5.86. The molecule has 1 saturated carbocycles. The highest BCUT2D eigenvalue weighted by molar-refractivity contribution is 5.97. The van der Waals surface area contributed by atoms with Crippen LogP contribution < -0.4 is 21.4 Å². The first-order valence-electron chi connectivity index (χ1n) is 12.0. The van der Waals surface area contributed by atoms with E-state index in [-0.39, 0.29) is 11.5 Å². The first-order chi connectivity index (χ1) is 17.9. The van der Waals surface area contributed by atoms with E-state index in [4.69, 9.17) is 5.21 Å². The minimum absolute atomic E-state index is 0.0708. The Kier molecular flexibility index (Phi) is 10.2. The highest BCUT2D eigenvalue weighted by Crippen LogP contribution is 2.17. The quantitative estimate of drug-likeness (QED) is 0.184. The van der Waals surface area contributed by atoms with Gasteiger partial charge in [0.15, 0.2) is 0 Å². The Labute approximate surface area is 216 Å². The van der Waals surface area contributed by atoms with E-state index in [0.29, 0.717) is 23.8 Å². The Hall–Kier alpha value is -4.15. The molecule has 2 aromatic rings. The standard InChI is InChI=1S/C28H30N4O5/c1-19(33)26(28(36)32-37)31-27(35)22-14-10-20(11-15-22)6-2-3-7-21-12-16-24(17-13-21)30-25(34)18-29-23-8-4-5-9-23/h10-17,19,23,26,29,33,37H,4-5,8-9,18H2,1H3,(H,30,34)(H,31,35)(H,32,36). The molecule has 2 unspecified atom stereocenters. The second-order valence-corrected chi connectivity index (χ2v) is 8.73. The van der Waals surface area contributed by atoms with Crippen LogP contribution >= 0.6 is 0 Å². The number of carbonyl (C=O) groups is 3.